The lowest BCUT2D eigenvalue weighted by Crippen LogP contribution is -2.39. The van der Waals surface area contributed by atoms with Crippen LogP contribution in [0.4, 0.5) is 0 Å². The summed E-state index contributed by atoms with van der Waals surface area (Å²) in [5.41, 5.74) is 1.97. The first-order valence-electron chi connectivity index (χ1n) is 10.8. The summed E-state index contributed by atoms with van der Waals surface area (Å²) >= 11 is 0. The number of nitrogens with zero attached hydrogens (tertiary/aromatic N) is 3. The van der Waals surface area contributed by atoms with Crippen molar-refractivity contribution < 1.29 is 8.42 Å². The van der Waals surface area contributed by atoms with Crippen molar-refractivity contribution in [1.29, 1.82) is 0 Å². The van der Waals surface area contributed by atoms with Crippen LogP contribution in [0.25, 0.3) is 10.9 Å². The van der Waals surface area contributed by atoms with Crippen LogP contribution in [0.3, 0.4) is 0 Å². The van der Waals surface area contributed by atoms with Crippen molar-refractivity contribution in [2.75, 3.05) is 13.1 Å². The average Bonchev–Trinajstić information content (AvgIpc) is 2.80. The molecule has 0 spiro atoms. The molecule has 0 bridgehead atoms. The Labute approximate surface area is 180 Å². The van der Waals surface area contributed by atoms with Crippen LogP contribution in [0.5, 0.6) is 0 Å². The molecule has 2 aromatic carbocycles. The maximum atomic E-state index is 12.8. The lowest BCUT2D eigenvalue weighted by Gasteiger charge is -2.33. The van der Waals surface area contributed by atoms with Crippen LogP contribution in [0, 0.1) is 12.8 Å². The van der Waals surface area contributed by atoms with Crippen molar-refractivity contribution in [3.8, 4) is 0 Å². The predicted octanol–water partition coefficient (Wildman–Crippen LogP) is 5.17. The monoisotopic (exact) mass is 425 g/mol. The molecule has 0 saturated carbocycles. The Bertz CT molecular complexity index is 1080. The molecule has 0 aliphatic carbocycles. The number of aromatic nitrogens is 2. The number of hydrogen-bond donors (Lipinski definition) is 0. The van der Waals surface area contributed by atoms with E-state index in [1.807, 2.05) is 51.1 Å². The van der Waals surface area contributed by atoms with Gasteiger partial charge in [0.2, 0.25) is 10.0 Å². The minimum absolute atomic E-state index is 0.199. The third-order valence-electron chi connectivity index (χ3n) is 5.81. The zero-order chi connectivity index (χ0) is 21.7. The molecular formula is C24H31N3O2S. The molecule has 4 rings (SSSR count). The molecule has 0 amide bonds. The Kier molecular flexibility index (Phi) is 7.21. The molecule has 1 saturated heterocycles. The molecule has 6 heteroatoms. The number of para-hydroxylation sites is 1. The lowest BCUT2D eigenvalue weighted by molar-refractivity contribution is 0.246. The second-order valence-electron chi connectivity index (χ2n) is 7.53. The maximum absolute atomic E-state index is 12.8. The fraction of sp³-hybridized carbons (Fsp3) is 0.417. The predicted molar refractivity (Wildman–Crippen MR) is 122 cm³/mol. The van der Waals surface area contributed by atoms with E-state index in [-0.39, 0.29) is 5.92 Å². The maximum Gasteiger partial charge on any atom is 0.243 e. The summed E-state index contributed by atoms with van der Waals surface area (Å²) in [6, 6.07) is 16.8. The van der Waals surface area contributed by atoms with Gasteiger partial charge in [0.1, 0.15) is 5.82 Å². The van der Waals surface area contributed by atoms with Gasteiger partial charge in [0, 0.05) is 30.1 Å². The molecule has 1 fully saturated rings. The van der Waals surface area contributed by atoms with Crippen LogP contribution < -0.4 is 0 Å². The van der Waals surface area contributed by atoms with Crippen LogP contribution in [0.2, 0.25) is 0 Å². The fourth-order valence-corrected chi connectivity index (χ4v) is 5.52. The molecule has 0 radical (unpaired) electrons. The van der Waals surface area contributed by atoms with E-state index in [2.05, 4.69) is 6.92 Å². The normalized spacial score (nSPS) is 16.7. The summed E-state index contributed by atoms with van der Waals surface area (Å²) in [7, 11) is -3.41. The molecule has 30 heavy (non-hydrogen) atoms. The van der Waals surface area contributed by atoms with Crippen LogP contribution in [0.15, 0.2) is 59.5 Å². The van der Waals surface area contributed by atoms with Gasteiger partial charge in [-0.3, -0.25) is 0 Å². The number of rotatable bonds is 4. The molecule has 0 N–H and O–H groups in total. The number of benzene rings is 2. The molecule has 1 aromatic heterocycles. The van der Waals surface area contributed by atoms with E-state index in [0.717, 1.165) is 35.3 Å². The van der Waals surface area contributed by atoms with Gasteiger partial charge in [0.15, 0.2) is 0 Å². The molecule has 1 aliphatic heterocycles. The smallest absolute Gasteiger partial charge is 0.237 e. The Balaban J connectivity index is 0.00000124. The molecule has 1 atom stereocenters. The largest absolute Gasteiger partial charge is 0.243 e. The van der Waals surface area contributed by atoms with E-state index in [0.29, 0.717) is 23.9 Å². The first kappa shape index (κ1) is 22.4. The van der Waals surface area contributed by atoms with E-state index in [9.17, 15) is 8.42 Å². The molecule has 1 unspecified atom stereocenters. The van der Waals surface area contributed by atoms with Gasteiger partial charge in [0.05, 0.1) is 10.4 Å². The van der Waals surface area contributed by atoms with Crippen molar-refractivity contribution in [2.45, 2.75) is 51.3 Å². The number of hydrogen-bond acceptors (Lipinski definition) is 4. The Hall–Kier alpha value is -2.31. The highest BCUT2D eigenvalue weighted by Gasteiger charge is 2.32. The Morgan fingerprint density at radius 2 is 1.53 bits per heavy atom. The minimum atomic E-state index is -3.41. The van der Waals surface area contributed by atoms with Crippen LogP contribution in [0.1, 0.15) is 51.0 Å². The number of aryl methyl sites for hydroxylation is 1. The van der Waals surface area contributed by atoms with Gasteiger partial charge in [-0.25, -0.2) is 18.4 Å². The van der Waals surface area contributed by atoms with Crippen molar-refractivity contribution in [3.63, 3.8) is 0 Å². The van der Waals surface area contributed by atoms with E-state index in [1.54, 1.807) is 28.6 Å². The molecular weight excluding hydrogens is 394 g/mol. The van der Waals surface area contributed by atoms with Crippen LogP contribution in [-0.2, 0) is 10.0 Å². The summed E-state index contributed by atoms with van der Waals surface area (Å²) in [5.74, 6) is 1.44. The van der Waals surface area contributed by atoms with Crippen LogP contribution in [-0.4, -0.2) is 35.8 Å². The molecule has 5 nitrogen and oxygen atoms in total. The summed E-state index contributed by atoms with van der Waals surface area (Å²) < 4.78 is 27.3. The quantitative estimate of drug-likeness (QED) is 0.578. The summed E-state index contributed by atoms with van der Waals surface area (Å²) in [4.78, 5) is 9.90. The zero-order valence-electron chi connectivity index (χ0n) is 18.2. The average molecular weight is 426 g/mol. The van der Waals surface area contributed by atoms with Gasteiger partial charge in [-0.05, 0) is 43.9 Å². The van der Waals surface area contributed by atoms with E-state index >= 15 is 0 Å². The van der Waals surface area contributed by atoms with Crippen molar-refractivity contribution in [1.82, 2.24) is 14.3 Å². The van der Waals surface area contributed by atoms with E-state index < -0.39 is 10.0 Å². The summed E-state index contributed by atoms with van der Waals surface area (Å²) in [6.45, 7) is 9.27. The third-order valence-corrected chi connectivity index (χ3v) is 7.72. The summed E-state index contributed by atoms with van der Waals surface area (Å²) in [5, 5.41) is 1.09. The highest BCUT2D eigenvalue weighted by atomic mass is 32.2. The van der Waals surface area contributed by atoms with E-state index in [1.165, 1.54) is 0 Å². The van der Waals surface area contributed by atoms with Gasteiger partial charge in [-0.1, -0.05) is 57.2 Å². The van der Waals surface area contributed by atoms with Crippen molar-refractivity contribution >= 4 is 20.9 Å². The standard InChI is InChI=1S/C22H25N3O2S.C2H6/c1-16(22-23-17(2)20-10-6-7-11-21(20)24-22)18-12-14-25(15-13-18)28(26,27)19-8-4-3-5-9-19;1-2/h3-11,16,18H,12-15H2,1-2H3;1-2H3. The molecule has 2 heterocycles. The first-order valence-corrected chi connectivity index (χ1v) is 12.2. The second kappa shape index (κ2) is 9.67. The zero-order valence-corrected chi connectivity index (χ0v) is 19.1. The lowest BCUT2D eigenvalue weighted by atomic mass is 9.85. The SMILES string of the molecule is CC.Cc1nc(C(C)C2CCN(S(=O)(=O)c3ccccc3)CC2)nc2ccccc12. The third kappa shape index (κ3) is 4.55. The fourth-order valence-electron chi connectivity index (χ4n) is 4.03. The van der Waals surface area contributed by atoms with Crippen LogP contribution >= 0.6 is 0 Å². The molecule has 1 aliphatic rings. The second-order valence-corrected chi connectivity index (χ2v) is 9.47. The Morgan fingerprint density at radius 3 is 2.20 bits per heavy atom. The van der Waals surface area contributed by atoms with Gasteiger partial charge in [0.25, 0.3) is 0 Å². The first-order chi connectivity index (χ1) is 14.5. The molecule has 160 valence electrons. The van der Waals surface area contributed by atoms with Gasteiger partial charge < -0.3 is 0 Å². The van der Waals surface area contributed by atoms with Gasteiger partial charge in [-0.15, -0.1) is 0 Å². The topological polar surface area (TPSA) is 63.2 Å². The van der Waals surface area contributed by atoms with Crippen molar-refractivity contribution in [2.24, 2.45) is 5.92 Å². The number of piperidine rings is 1. The van der Waals surface area contributed by atoms with Gasteiger partial charge in [-0.2, -0.15) is 4.31 Å². The number of fused-ring (bicyclic) bond motifs is 1. The van der Waals surface area contributed by atoms with Crippen molar-refractivity contribution in [3.05, 3.63) is 66.1 Å². The minimum Gasteiger partial charge on any atom is -0.237 e. The molecule has 3 aromatic rings. The van der Waals surface area contributed by atoms with E-state index in [4.69, 9.17) is 9.97 Å². The number of sulfonamides is 1. The Morgan fingerprint density at radius 1 is 0.933 bits per heavy atom. The highest BCUT2D eigenvalue weighted by molar-refractivity contribution is 7.89. The summed E-state index contributed by atoms with van der Waals surface area (Å²) in [6.07, 6.45) is 1.64. The highest BCUT2D eigenvalue weighted by Crippen LogP contribution is 2.33. The van der Waals surface area contributed by atoms with Gasteiger partial charge >= 0.3 is 0 Å².